The van der Waals surface area contributed by atoms with Crippen molar-refractivity contribution in [2.24, 2.45) is 11.8 Å². The monoisotopic (exact) mass is 287 g/mol. The van der Waals surface area contributed by atoms with Crippen LogP contribution in [0.1, 0.15) is 19.3 Å². The quantitative estimate of drug-likeness (QED) is 0.738. The number of carbonyl (C=O) groups excluding carboxylic acids is 2. The molecule has 0 aromatic heterocycles. The average molecular weight is 287 g/mol. The normalized spacial score (nSPS) is 31.0. The molecule has 2 atom stereocenters. The van der Waals surface area contributed by atoms with Crippen LogP contribution < -0.4 is 4.90 Å². The maximum atomic E-state index is 12.7. The summed E-state index contributed by atoms with van der Waals surface area (Å²) in [6, 6.07) is 9.14. The zero-order valence-corrected chi connectivity index (χ0v) is 11.7. The van der Waals surface area contributed by atoms with Gasteiger partial charge in [0.2, 0.25) is 11.8 Å². The molecule has 21 heavy (non-hydrogen) atoms. The Kier molecular flexibility index (Phi) is 2.87. The van der Waals surface area contributed by atoms with E-state index in [-0.39, 0.29) is 23.7 Å². The van der Waals surface area contributed by atoms with Crippen molar-refractivity contribution in [3.8, 4) is 0 Å². The van der Waals surface area contributed by atoms with E-state index in [2.05, 4.69) is 0 Å². The van der Waals surface area contributed by atoms with E-state index in [1.165, 1.54) is 4.90 Å². The molecule has 1 aromatic carbocycles. The minimum absolute atomic E-state index is 0.0796. The molecule has 5 heteroatoms. The first-order valence-electron chi connectivity index (χ1n) is 7.41. The van der Waals surface area contributed by atoms with E-state index in [4.69, 9.17) is 9.47 Å². The summed E-state index contributed by atoms with van der Waals surface area (Å²) < 4.78 is 11.4. The van der Waals surface area contributed by atoms with Crippen LogP contribution in [-0.2, 0) is 19.1 Å². The topological polar surface area (TPSA) is 55.8 Å². The van der Waals surface area contributed by atoms with Crippen LogP contribution in [0.15, 0.2) is 30.3 Å². The second kappa shape index (κ2) is 4.64. The lowest BCUT2D eigenvalue weighted by Gasteiger charge is -2.35. The van der Waals surface area contributed by atoms with E-state index in [1.54, 1.807) is 12.1 Å². The highest BCUT2D eigenvalue weighted by atomic mass is 16.7. The van der Waals surface area contributed by atoms with Gasteiger partial charge in [0.25, 0.3) is 0 Å². The van der Waals surface area contributed by atoms with Crippen molar-refractivity contribution in [2.75, 3.05) is 18.1 Å². The third-order valence-electron chi connectivity index (χ3n) is 4.76. The summed E-state index contributed by atoms with van der Waals surface area (Å²) in [5, 5.41) is 0. The van der Waals surface area contributed by atoms with Crippen LogP contribution in [-0.4, -0.2) is 30.8 Å². The molecule has 2 amide bonds. The van der Waals surface area contributed by atoms with Gasteiger partial charge >= 0.3 is 0 Å². The highest BCUT2D eigenvalue weighted by molar-refractivity contribution is 6.22. The molecule has 3 fully saturated rings. The van der Waals surface area contributed by atoms with Gasteiger partial charge in [0.05, 0.1) is 30.7 Å². The molecule has 2 saturated heterocycles. The third-order valence-corrected chi connectivity index (χ3v) is 4.76. The third kappa shape index (κ3) is 1.92. The van der Waals surface area contributed by atoms with E-state index < -0.39 is 5.79 Å². The summed E-state index contributed by atoms with van der Waals surface area (Å²) in [6.45, 7) is 1.14. The van der Waals surface area contributed by atoms with Crippen LogP contribution in [0.2, 0.25) is 0 Å². The number of ether oxygens (including phenoxy) is 2. The number of anilines is 1. The Balaban J connectivity index is 1.64. The van der Waals surface area contributed by atoms with Gasteiger partial charge in [-0.1, -0.05) is 18.2 Å². The smallest absolute Gasteiger partial charge is 0.237 e. The summed E-state index contributed by atoms with van der Waals surface area (Å²) >= 11 is 0. The molecule has 0 radical (unpaired) electrons. The fourth-order valence-electron chi connectivity index (χ4n) is 3.74. The number of imide groups is 1. The predicted octanol–water partition coefficient (Wildman–Crippen LogP) is 1.72. The molecular weight excluding hydrogens is 270 g/mol. The van der Waals surface area contributed by atoms with E-state index in [9.17, 15) is 9.59 Å². The number of benzene rings is 1. The number of hydrogen-bond acceptors (Lipinski definition) is 4. The van der Waals surface area contributed by atoms with Crippen molar-refractivity contribution in [3.63, 3.8) is 0 Å². The first-order chi connectivity index (χ1) is 10.2. The van der Waals surface area contributed by atoms with Crippen molar-refractivity contribution in [1.29, 1.82) is 0 Å². The fourth-order valence-corrected chi connectivity index (χ4v) is 3.74. The predicted molar refractivity (Wildman–Crippen MR) is 74.4 cm³/mol. The van der Waals surface area contributed by atoms with Crippen molar-refractivity contribution in [1.82, 2.24) is 0 Å². The van der Waals surface area contributed by atoms with Crippen molar-refractivity contribution in [2.45, 2.75) is 25.0 Å². The van der Waals surface area contributed by atoms with Gasteiger partial charge in [-0.15, -0.1) is 0 Å². The largest absolute Gasteiger partial charge is 0.348 e. The van der Waals surface area contributed by atoms with Gasteiger partial charge in [-0.2, -0.15) is 0 Å². The Bertz CT molecular complexity index is 579. The summed E-state index contributed by atoms with van der Waals surface area (Å²) in [4.78, 5) is 26.6. The molecule has 110 valence electrons. The van der Waals surface area contributed by atoms with Gasteiger partial charge in [0.1, 0.15) is 0 Å². The number of carbonyl (C=O) groups is 2. The van der Waals surface area contributed by atoms with Gasteiger partial charge in [0, 0.05) is 12.8 Å². The SMILES string of the molecule is O=C1[C@H]2CCC3(C[C@@H]2C(=O)N1c1ccccc1)OCCO3. The molecule has 0 bridgehead atoms. The molecule has 3 aliphatic rings. The van der Waals surface area contributed by atoms with Gasteiger partial charge in [-0.25, -0.2) is 0 Å². The van der Waals surface area contributed by atoms with Gasteiger partial charge in [-0.3, -0.25) is 14.5 Å². The minimum atomic E-state index is -0.635. The molecule has 1 aliphatic carbocycles. The van der Waals surface area contributed by atoms with E-state index in [0.29, 0.717) is 38.2 Å². The average Bonchev–Trinajstić information content (AvgIpc) is 3.05. The molecule has 4 rings (SSSR count). The molecule has 5 nitrogen and oxygen atoms in total. The van der Waals surface area contributed by atoms with Gasteiger partial charge < -0.3 is 9.47 Å². The maximum absolute atomic E-state index is 12.7. The van der Waals surface area contributed by atoms with Gasteiger partial charge in [0.15, 0.2) is 5.79 Å². The first-order valence-corrected chi connectivity index (χ1v) is 7.41. The summed E-state index contributed by atoms with van der Waals surface area (Å²) in [6.07, 6.45) is 1.83. The molecule has 2 aliphatic heterocycles. The van der Waals surface area contributed by atoms with Crippen molar-refractivity contribution < 1.29 is 19.1 Å². The second-order valence-corrected chi connectivity index (χ2v) is 5.91. The number of hydrogen-bond donors (Lipinski definition) is 0. The maximum Gasteiger partial charge on any atom is 0.237 e. The Morgan fingerprint density at radius 2 is 1.67 bits per heavy atom. The zero-order chi connectivity index (χ0) is 14.4. The summed E-state index contributed by atoms with van der Waals surface area (Å²) in [5.41, 5.74) is 0.657. The first kappa shape index (κ1) is 13.0. The lowest BCUT2D eigenvalue weighted by molar-refractivity contribution is -0.193. The van der Waals surface area contributed by atoms with Gasteiger partial charge in [-0.05, 0) is 18.6 Å². The van der Waals surface area contributed by atoms with E-state index >= 15 is 0 Å². The minimum Gasteiger partial charge on any atom is -0.348 e. The molecule has 0 unspecified atom stereocenters. The lowest BCUT2D eigenvalue weighted by atomic mass is 9.77. The van der Waals surface area contributed by atoms with E-state index in [0.717, 1.165) is 0 Å². The van der Waals surface area contributed by atoms with Crippen LogP contribution in [0, 0.1) is 11.8 Å². The summed E-state index contributed by atoms with van der Waals surface area (Å²) in [5.74, 6) is -1.37. The molecule has 0 N–H and O–H groups in total. The van der Waals surface area contributed by atoms with Crippen LogP contribution in [0.3, 0.4) is 0 Å². The van der Waals surface area contributed by atoms with Crippen LogP contribution in [0.5, 0.6) is 0 Å². The van der Waals surface area contributed by atoms with Crippen LogP contribution in [0.25, 0.3) is 0 Å². The Morgan fingerprint density at radius 1 is 1.00 bits per heavy atom. The highest BCUT2D eigenvalue weighted by Crippen LogP contribution is 2.46. The standard InChI is InChI=1S/C16H17NO4/c18-14-12-6-7-16(20-8-9-21-16)10-13(12)15(19)17(14)11-4-2-1-3-5-11/h1-5,12-13H,6-10H2/t12-,13-/m0/s1. The number of nitrogens with zero attached hydrogens (tertiary/aromatic N) is 1. The molecular formula is C16H17NO4. The Hall–Kier alpha value is -1.72. The van der Waals surface area contributed by atoms with Crippen molar-refractivity contribution >= 4 is 17.5 Å². The molecule has 2 heterocycles. The van der Waals surface area contributed by atoms with Crippen LogP contribution in [0.4, 0.5) is 5.69 Å². The number of rotatable bonds is 1. The number of amides is 2. The summed E-state index contributed by atoms with van der Waals surface area (Å²) in [7, 11) is 0. The van der Waals surface area contributed by atoms with Crippen LogP contribution >= 0.6 is 0 Å². The lowest BCUT2D eigenvalue weighted by Crippen LogP contribution is -2.41. The second-order valence-electron chi connectivity index (χ2n) is 5.91. The number of fused-ring (bicyclic) bond motifs is 1. The number of para-hydroxylation sites is 1. The highest BCUT2D eigenvalue weighted by Gasteiger charge is 2.56. The Morgan fingerprint density at radius 3 is 2.38 bits per heavy atom. The van der Waals surface area contributed by atoms with Crippen molar-refractivity contribution in [3.05, 3.63) is 30.3 Å². The fraction of sp³-hybridized carbons (Fsp3) is 0.500. The molecule has 1 saturated carbocycles. The molecule has 1 aromatic rings. The van der Waals surface area contributed by atoms with E-state index in [1.807, 2.05) is 18.2 Å². The zero-order valence-electron chi connectivity index (χ0n) is 11.7. The molecule has 1 spiro atoms. The Labute approximate surface area is 122 Å².